The number of anilines is 2. The zero-order valence-corrected chi connectivity index (χ0v) is 16.8. The van der Waals surface area contributed by atoms with Crippen molar-refractivity contribution in [2.75, 3.05) is 23.9 Å². The molecule has 7 nitrogen and oxygen atoms in total. The van der Waals surface area contributed by atoms with Crippen LogP contribution in [0.1, 0.15) is 17.1 Å². The van der Waals surface area contributed by atoms with Crippen LogP contribution in [0.2, 0.25) is 0 Å². The van der Waals surface area contributed by atoms with Crippen LogP contribution in [0.25, 0.3) is 11.0 Å². The van der Waals surface area contributed by atoms with Crippen LogP contribution in [0, 0.1) is 20.8 Å². The molecule has 0 aliphatic rings. The molecule has 0 unspecified atom stereocenters. The Labute approximate surface area is 162 Å². The van der Waals surface area contributed by atoms with Gasteiger partial charge in [0.2, 0.25) is 0 Å². The highest BCUT2D eigenvalue weighted by Crippen LogP contribution is 2.25. The SMILES string of the molecule is CSc1cccc(NC(=O)NCCn2c(C)nc3c(N)nc(C)c(C)c32)c1. The number of imidazole rings is 1. The molecular formula is C19H24N6OS. The molecule has 1 aromatic carbocycles. The van der Waals surface area contributed by atoms with Crippen molar-refractivity contribution in [3.05, 3.63) is 41.3 Å². The molecule has 0 saturated carbocycles. The van der Waals surface area contributed by atoms with Gasteiger partial charge in [0.05, 0.1) is 5.52 Å². The summed E-state index contributed by atoms with van der Waals surface area (Å²) in [5, 5.41) is 5.76. The van der Waals surface area contributed by atoms with Crippen molar-refractivity contribution in [3.8, 4) is 0 Å². The minimum absolute atomic E-state index is 0.232. The number of hydrogen-bond donors (Lipinski definition) is 3. The average Bonchev–Trinajstić information content (AvgIpc) is 2.97. The highest BCUT2D eigenvalue weighted by Gasteiger charge is 2.15. The van der Waals surface area contributed by atoms with Gasteiger partial charge in [-0.3, -0.25) is 0 Å². The summed E-state index contributed by atoms with van der Waals surface area (Å²) in [7, 11) is 0. The Bertz CT molecular complexity index is 998. The van der Waals surface area contributed by atoms with Gasteiger partial charge in [-0.2, -0.15) is 0 Å². The van der Waals surface area contributed by atoms with E-state index in [9.17, 15) is 4.79 Å². The molecule has 0 radical (unpaired) electrons. The van der Waals surface area contributed by atoms with Crippen molar-refractivity contribution in [3.63, 3.8) is 0 Å². The maximum Gasteiger partial charge on any atom is 0.319 e. The Hall–Kier alpha value is -2.74. The number of aryl methyl sites for hydroxylation is 3. The van der Waals surface area contributed by atoms with Crippen LogP contribution in [0.5, 0.6) is 0 Å². The van der Waals surface area contributed by atoms with Crippen LogP contribution in [-0.4, -0.2) is 33.4 Å². The fourth-order valence-corrected chi connectivity index (χ4v) is 3.50. The fourth-order valence-electron chi connectivity index (χ4n) is 3.04. The number of carbonyl (C=O) groups excluding carboxylic acids is 1. The van der Waals surface area contributed by atoms with Crippen molar-refractivity contribution in [1.29, 1.82) is 0 Å². The zero-order valence-electron chi connectivity index (χ0n) is 16.0. The van der Waals surface area contributed by atoms with Crippen LogP contribution in [0.4, 0.5) is 16.3 Å². The third-order valence-electron chi connectivity index (χ3n) is 4.54. The lowest BCUT2D eigenvalue weighted by Gasteiger charge is -2.12. The van der Waals surface area contributed by atoms with Crippen molar-refractivity contribution >= 4 is 40.3 Å². The number of carbonyl (C=O) groups is 1. The van der Waals surface area contributed by atoms with E-state index in [-0.39, 0.29) is 6.03 Å². The number of hydrogen-bond acceptors (Lipinski definition) is 5. The van der Waals surface area contributed by atoms with Gasteiger partial charge in [-0.15, -0.1) is 11.8 Å². The van der Waals surface area contributed by atoms with E-state index in [1.165, 1.54) is 0 Å². The molecule has 2 heterocycles. The van der Waals surface area contributed by atoms with Gasteiger partial charge in [-0.1, -0.05) is 6.07 Å². The molecule has 2 amide bonds. The number of urea groups is 1. The van der Waals surface area contributed by atoms with Crippen LogP contribution < -0.4 is 16.4 Å². The molecule has 4 N–H and O–H groups in total. The maximum absolute atomic E-state index is 12.2. The number of nitrogens with two attached hydrogens (primary N) is 1. The van der Waals surface area contributed by atoms with E-state index in [0.29, 0.717) is 24.4 Å². The van der Waals surface area contributed by atoms with Crippen LogP contribution in [0.15, 0.2) is 29.2 Å². The molecule has 0 aliphatic carbocycles. The Morgan fingerprint density at radius 3 is 2.78 bits per heavy atom. The first kappa shape index (κ1) is 19.0. The fraction of sp³-hybridized carbons (Fsp3) is 0.316. The molecule has 8 heteroatoms. The zero-order chi connectivity index (χ0) is 19.6. The quantitative estimate of drug-likeness (QED) is 0.585. The molecule has 0 spiro atoms. The molecule has 0 saturated heterocycles. The second kappa shape index (κ2) is 7.87. The topological polar surface area (TPSA) is 97.9 Å². The molecule has 2 aromatic heterocycles. The summed E-state index contributed by atoms with van der Waals surface area (Å²) < 4.78 is 2.07. The first-order valence-corrected chi connectivity index (χ1v) is 9.91. The molecule has 142 valence electrons. The van der Waals surface area contributed by atoms with Gasteiger partial charge in [0.15, 0.2) is 5.82 Å². The van der Waals surface area contributed by atoms with E-state index in [4.69, 9.17) is 5.73 Å². The average molecular weight is 385 g/mol. The third-order valence-corrected chi connectivity index (χ3v) is 5.26. The molecule has 27 heavy (non-hydrogen) atoms. The lowest BCUT2D eigenvalue weighted by Crippen LogP contribution is -2.31. The summed E-state index contributed by atoms with van der Waals surface area (Å²) in [4.78, 5) is 22.2. The summed E-state index contributed by atoms with van der Waals surface area (Å²) >= 11 is 1.64. The van der Waals surface area contributed by atoms with Crippen LogP contribution in [-0.2, 0) is 6.54 Å². The molecule has 3 aromatic rings. The minimum atomic E-state index is -0.232. The number of rotatable bonds is 5. The van der Waals surface area contributed by atoms with Crippen molar-refractivity contribution in [1.82, 2.24) is 19.9 Å². The van der Waals surface area contributed by atoms with E-state index in [2.05, 4.69) is 25.2 Å². The van der Waals surface area contributed by atoms with Gasteiger partial charge in [0.1, 0.15) is 11.3 Å². The minimum Gasteiger partial charge on any atom is -0.382 e. The molecule has 3 rings (SSSR count). The number of amides is 2. The predicted molar refractivity (Wildman–Crippen MR) is 111 cm³/mol. The first-order valence-electron chi connectivity index (χ1n) is 8.69. The summed E-state index contributed by atoms with van der Waals surface area (Å²) in [6, 6.07) is 7.51. The smallest absolute Gasteiger partial charge is 0.319 e. The Balaban J connectivity index is 1.68. The van der Waals surface area contributed by atoms with E-state index in [1.807, 2.05) is 51.3 Å². The molecule has 0 fully saturated rings. The molecular weight excluding hydrogens is 360 g/mol. The monoisotopic (exact) mass is 384 g/mol. The number of pyridine rings is 1. The third kappa shape index (κ3) is 4.00. The van der Waals surface area contributed by atoms with Crippen molar-refractivity contribution in [2.45, 2.75) is 32.2 Å². The van der Waals surface area contributed by atoms with Crippen LogP contribution >= 0.6 is 11.8 Å². The van der Waals surface area contributed by atoms with Crippen molar-refractivity contribution < 1.29 is 4.79 Å². The number of nitrogens with zero attached hydrogens (tertiary/aromatic N) is 3. The largest absolute Gasteiger partial charge is 0.382 e. The first-order chi connectivity index (χ1) is 12.9. The van der Waals surface area contributed by atoms with Crippen molar-refractivity contribution in [2.24, 2.45) is 0 Å². The highest BCUT2D eigenvalue weighted by molar-refractivity contribution is 7.98. The molecule has 0 bridgehead atoms. The molecule has 0 atom stereocenters. The summed E-state index contributed by atoms with van der Waals surface area (Å²) in [5.74, 6) is 1.29. The van der Waals surface area contributed by atoms with E-state index in [0.717, 1.165) is 33.2 Å². The predicted octanol–water partition coefficient (Wildman–Crippen LogP) is 3.48. The Kier molecular flexibility index (Phi) is 5.55. The van der Waals surface area contributed by atoms with Gasteiger partial charge in [0.25, 0.3) is 0 Å². The summed E-state index contributed by atoms with van der Waals surface area (Å²) in [6.07, 6.45) is 2.00. The maximum atomic E-state index is 12.2. The van der Waals surface area contributed by atoms with Gasteiger partial charge < -0.3 is 20.9 Å². The number of thioether (sulfide) groups is 1. The Morgan fingerprint density at radius 1 is 1.26 bits per heavy atom. The lowest BCUT2D eigenvalue weighted by atomic mass is 10.2. The molecule has 0 aliphatic heterocycles. The normalized spacial score (nSPS) is 11.0. The van der Waals surface area contributed by atoms with E-state index in [1.54, 1.807) is 11.8 Å². The van der Waals surface area contributed by atoms with Gasteiger partial charge in [-0.25, -0.2) is 14.8 Å². The number of benzene rings is 1. The van der Waals surface area contributed by atoms with Gasteiger partial charge in [-0.05, 0) is 50.8 Å². The second-order valence-corrected chi connectivity index (χ2v) is 7.21. The van der Waals surface area contributed by atoms with Gasteiger partial charge in [0, 0.05) is 29.4 Å². The summed E-state index contributed by atoms with van der Waals surface area (Å²) in [6.45, 7) is 6.96. The standard InChI is InChI=1S/C19H24N6OS/c1-11-12(2)22-18(20)16-17(11)25(13(3)23-16)9-8-21-19(26)24-14-6-5-7-15(10-14)27-4/h5-7,10H,8-9H2,1-4H3,(H2,20,22)(H2,21,24,26). The Morgan fingerprint density at radius 2 is 2.04 bits per heavy atom. The van der Waals surface area contributed by atoms with E-state index < -0.39 is 0 Å². The lowest BCUT2D eigenvalue weighted by molar-refractivity contribution is 0.251. The number of fused-ring (bicyclic) bond motifs is 1. The van der Waals surface area contributed by atoms with Crippen LogP contribution in [0.3, 0.4) is 0 Å². The van der Waals surface area contributed by atoms with E-state index >= 15 is 0 Å². The highest BCUT2D eigenvalue weighted by atomic mass is 32.2. The van der Waals surface area contributed by atoms with Gasteiger partial charge >= 0.3 is 6.03 Å². The number of nitrogens with one attached hydrogen (secondary N) is 2. The number of nitrogen functional groups attached to an aromatic ring is 1. The number of aromatic nitrogens is 3. The summed E-state index contributed by atoms with van der Waals surface area (Å²) in [5.41, 5.74) is 10.4. The second-order valence-electron chi connectivity index (χ2n) is 6.33.